The van der Waals surface area contributed by atoms with Crippen molar-refractivity contribution in [3.8, 4) is 11.5 Å². The predicted molar refractivity (Wildman–Crippen MR) is 205 cm³/mol. The average Bonchev–Trinajstić information content (AvgIpc) is 3.23. The highest BCUT2D eigenvalue weighted by atomic mass is 79.9. The fourth-order valence-corrected chi connectivity index (χ4v) is 7.43. The van der Waals surface area contributed by atoms with Crippen molar-refractivity contribution in [2.45, 2.75) is 55.9 Å². The number of methoxy groups -OCH3 is 1. The standard InChI is InChI=1S/C44H43BrO9/c1-48-44(36-18-19-37(45)35(25-36)23-34-17-20-38-39(24-34)50-22-21-49-38)42(53-28-33-15-9-4-10-16-33)40(51-26-31-11-5-2-6-12-31)41(43(29-46,30-47)54-44)52-27-32-13-7-3-8-14-32/h2-20,24-25,29,40-42,47H,21-23,26-28,30H2,1H3/t40-,41+,42+,43+,44-/m0/s1. The Hall–Kier alpha value is -4.39. The summed E-state index contributed by atoms with van der Waals surface area (Å²) in [5.74, 6) is -0.345. The summed E-state index contributed by atoms with van der Waals surface area (Å²) >= 11 is 3.76. The largest absolute Gasteiger partial charge is 0.486 e. The normalized spacial score (nSPS) is 23.5. The lowest BCUT2D eigenvalue weighted by molar-refractivity contribution is -0.401. The van der Waals surface area contributed by atoms with E-state index in [2.05, 4.69) is 15.9 Å². The van der Waals surface area contributed by atoms with Crippen molar-refractivity contribution in [2.24, 2.45) is 0 Å². The van der Waals surface area contributed by atoms with Gasteiger partial charge in [0.1, 0.15) is 31.5 Å². The zero-order valence-corrected chi connectivity index (χ0v) is 31.6. The first-order valence-electron chi connectivity index (χ1n) is 17.9. The molecular formula is C44H43BrO9. The van der Waals surface area contributed by atoms with Crippen LogP contribution in [0, 0.1) is 0 Å². The van der Waals surface area contributed by atoms with E-state index in [0.29, 0.717) is 43.0 Å². The van der Waals surface area contributed by atoms with Crippen molar-refractivity contribution < 1.29 is 43.1 Å². The molecule has 0 aliphatic carbocycles. The highest BCUT2D eigenvalue weighted by Gasteiger charge is 2.64. The highest BCUT2D eigenvalue weighted by Crippen LogP contribution is 2.48. The van der Waals surface area contributed by atoms with Gasteiger partial charge >= 0.3 is 0 Å². The van der Waals surface area contributed by atoms with Gasteiger partial charge in [-0.05, 0) is 58.5 Å². The monoisotopic (exact) mass is 794 g/mol. The Morgan fingerprint density at radius 2 is 1.28 bits per heavy atom. The fourth-order valence-electron chi connectivity index (χ4n) is 7.05. The lowest BCUT2D eigenvalue weighted by Gasteiger charge is -2.55. The molecule has 2 aliphatic heterocycles. The molecule has 0 radical (unpaired) electrons. The Bertz CT molecular complexity index is 1980. The number of aliphatic hydroxyl groups excluding tert-OH is 1. The minimum atomic E-state index is -1.91. The number of halogens is 1. The number of hydrogen-bond acceptors (Lipinski definition) is 9. The van der Waals surface area contributed by atoms with Crippen molar-refractivity contribution in [1.82, 2.24) is 0 Å². The van der Waals surface area contributed by atoms with Crippen molar-refractivity contribution >= 4 is 22.2 Å². The molecule has 5 aromatic rings. The Morgan fingerprint density at radius 1 is 0.704 bits per heavy atom. The van der Waals surface area contributed by atoms with E-state index in [9.17, 15) is 9.90 Å². The van der Waals surface area contributed by atoms with Gasteiger partial charge in [0.2, 0.25) is 5.79 Å². The number of ether oxygens (including phenoxy) is 7. The van der Waals surface area contributed by atoms with Crippen LogP contribution in [-0.2, 0) is 60.5 Å². The summed E-state index contributed by atoms with van der Waals surface area (Å²) in [5.41, 5.74) is 3.25. The van der Waals surface area contributed by atoms with E-state index in [-0.39, 0.29) is 19.8 Å². The number of hydrogen-bond donors (Lipinski definition) is 1. The molecule has 10 heteroatoms. The quantitative estimate of drug-likeness (QED) is 0.109. The maximum atomic E-state index is 13.4. The lowest BCUT2D eigenvalue weighted by Crippen LogP contribution is -2.72. The molecule has 0 bridgehead atoms. The Kier molecular flexibility index (Phi) is 12.2. The van der Waals surface area contributed by atoms with Crippen LogP contribution in [0.4, 0.5) is 0 Å². The third kappa shape index (κ3) is 8.16. The average molecular weight is 796 g/mol. The molecule has 0 amide bonds. The summed E-state index contributed by atoms with van der Waals surface area (Å²) in [7, 11) is 1.51. The molecule has 0 aromatic heterocycles. The summed E-state index contributed by atoms with van der Waals surface area (Å²) in [6, 6.07) is 40.7. The Labute approximate surface area is 323 Å². The third-order valence-corrected chi connectivity index (χ3v) is 10.6. The zero-order valence-electron chi connectivity index (χ0n) is 30.0. The molecule has 5 aromatic carbocycles. The van der Waals surface area contributed by atoms with Crippen molar-refractivity contribution in [1.29, 1.82) is 0 Å². The zero-order chi connectivity index (χ0) is 37.4. The van der Waals surface area contributed by atoms with Gasteiger partial charge in [-0.15, -0.1) is 0 Å². The predicted octanol–water partition coefficient (Wildman–Crippen LogP) is 7.33. The molecule has 2 aliphatic rings. The van der Waals surface area contributed by atoms with Gasteiger partial charge < -0.3 is 38.3 Å². The number of carbonyl (C=O) groups is 1. The first kappa shape index (κ1) is 37.9. The van der Waals surface area contributed by atoms with Crippen molar-refractivity contribution in [2.75, 3.05) is 26.9 Å². The van der Waals surface area contributed by atoms with Crippen LogP contribution in [0.2, 0.25) is 0 Å². The van der Waals surface area contributed by atoms with E-state index < -0.39 is 36.3 Å². The van der Waals surface area contributed by atoms with Gasteiger partial charge in [0, 0.05) is 17.1 Å². The van der Waals surface area contributed by atoms with E-state index >= 15 is 0 Å². The smallest absolute Gasteiger partial charge is 0.225 e. The molecule has 0 unspecified atom stereocenters. The molecular weight excluding hydrogens is 752 g/mol. The maximum absolute atomic E-state index is 13.4. The van der Waals surface area contributed by atoms with Crippen LogP contribution in [0.3, 0.4) is 0 Å². The molecule has 2 heterocycles. The summed E-state index contributed by atoms with van der Waals surface area (Å²) in [6.45, 7) is 0.747. The molecule has 0 saturated carbocycles. The molecule has 5 atom stereocenters. The second kappa shape index (κ2) is 17.4. The first-order chi connectivity index (χ1) is 26.5. The van der Waals surface area contributed by atoms with Gasteiger partial charge in [-0.25, -0.2) is 0 Å². The summed E-state index contributed by atoms with van der Waals surface area (Å²) < 4.78 is 46.0. The van der Waals surface area contributed by atoms with Gasteiger partial charge in [0.05, 0.1) is 26.4 Å². The molecule has 1 N–H and O–H groups in total. The molecule has 54 heavy (non-hydrogen) atoms. The number of fused-ring (bicyclic) bond motifs is 1. The topological polar surface area (TPSA) is 102 Å². The number of carbonyl (C=O) groups excluding carboxylic acids is 1. The summed E-state index contributed by atoms with van der Waals surface area (Å²) in [5, 5.41) is 11.2. The van der Waals surface area contributed by atoms with Gasteiger partial charge in [-0.3, -0.25) is 4.79 Å². The second-order valence-corrected chi connectivity index (χ2v) is 14.2. The molecule has 7 rings (SSSR count). The van der Waals surface area contributed by atoms with Crippen LogP contribution in [0.25, 0.3) is 0 Å². The van der Waals surface area contributed by atoms with E-state index in [1.165, 1.54) is 7.11 Å². The van der Waals surface area contributed by atoms with Crippen molar-refractivity contribution in [3.63, 3.8) is 0 Å². The van der Waals surface area contributed by atoms with E-state index in [1.807, 2.05) is 127 Å². The fraction of sp³-hybridized carbons (Fsp3) is 0.295. The van der Waals surface area contributed by atoms with Crippen LogP contribution in [0.15, 0.2) is 132 Å². The molecule has 280 valence electrons. The molecule has 1 saturated heterocycles. The number of benzene rings is 5. The molecule has 0 spiro atoms. The minimum Gasteiger partial charge on any atom is -0.486 e. The highest BCUT2D eigenvalue weighted by molar-refractivity contribution is 9.10. The number of aldehydes is 1. The summed E-state index contributed by atoms with van der Waals surface area (Å²) in [6.07, 6.45) is -1.97. The first-order valence-corrected chi connectivity index (χ1v) is 18.7. The molecule has 1 fully saturated rings. The molecule has 9 nitrogen and oxygen atoms in total. The van der Waals surface area contributed by atoms with E-state index in [4.69, 9.17) is 33.2 Å². The minimum absolute atomic E-state index is 0.124. The van der Waals surface area contributed by atoms with Gasteiger partial charge in [-0.1, -0.05) is 119 Å². The van der Waals surface area contributed by atoms with Crippen LogP contribution in [0.5, 0.6) is 11.5 Å². The lowest BCUT2D eigenvalue weighted by atomic mass is 9.80. The van der Waals surface area contributed by atoms with Gasteiger partial charge in [0.25, 0.3) is 0 Å². The summed E-state index contributed by atoms with van der Waals surface area (Å²) in [4.78, 5) is 13.4. The van der Waals surface area contributed by atoms with Crippen LogP contribution >= 0.6 is 15.9 Å². The number of aliphatic hydroxyl groups is 1. The third-order valence-electron chi connectivity index (χ3n) is 9.82. The second-order valence-electron chi connectivity index (χ2n) is 13.4. The van der Waals surface area contributed by atoms with Crippen LogP contribution in [-0.4, -0.2) is 62.2 Å². The van der Waals surface area contributed by atoms with E-state index in [1.54, 1.807) is 0 Å². The van der Waals surface area contributed by atoms with Gasteiger partial charge in [-0.2, -0.15) is 0 Å². The van der Waals surface area contributed by atoms with Crippen LogP contribution < -0.4 is 9.47 Å². The Morgan fingerprint density at radius 3 is 1.85 bits per heavy atom. The van der Waals surface area contributed by atoms with Crippen molar-refractivity contribution in [3.05, 3.63) is 165 Å². The number of rotatable bonds is 15. The SMILES string of the molecule is CO[C@@]1(c2ccc(Br)c(Cc3ccc4c(c3)OCCO4)c2)O[C@](C=O)(CO)[C@H](OCc2ccccc2)[C@H](OCc2ccccc2)[C@H]1OCc1ccccc1. The van der Waals surface area contributed by atoms with Crippen LogP contribution in [0.1, 0.15) is 33.4 Å². The van der Waals surface area contributed by atoms with E-state index in [0.717, 1.165) is 32.3 Å². The maximum Gasteiger partial charge on any atom is 0.225 e. The van der Waals surface area contributed by atoms with Gasteiger partial charge in [0.15, 0.2) is 23.4 Å². The Balaban J connectivity index is 1.33.